The Labute approximate surface area is 110 Å². The van der Waals surface area contributed by atoms with Crippen LogP contribution in [0.3, 0.4) is 0 Å². The maximum Gasteiger partial charge on any atom is 0.317 e. The van der Waals surface area contributed by atoms with Crippen molar-refractivity contribution in [1.29, 1.82) is 0 Å². The van der Waals surface area contributed by atoms with Gasteiger partial charge in [-0.3, -0.25) is 4.79 Å². The maximum atomic E-state index is 11.8. The molecule has 0 heterocycles. The minimum atomic E-state index is -0.778. The van der Waals surface area contributed by atoms with Crippen LogP contribution in [0.2, 0.25) is 0 Å². The SMILES string of the molecule is CCCN(CCC)C(=O)NCCCC(C)C(=O)O. The predicted molar refractivity (Wildman–Crippen MR) is 71.6 cm³/mol. The lowest BCUT2D eigenvalue weighted by atomic mass is 10.1. The van der Waals surface area contributed by atoms with Gasteiger partial charge in [0.1, 0.15) is 0 Å². The number of nitrogens with zero attached hydrogens (tertiary/aromatic N) is 1. The van der Waals surface area contributed by atoms with Crippen LogP contribution in [0.15, 0.2) is 0 Å². The molecule has 0 fully saturated rings. The Morgan fingerprint density at radius 1 is 1.22 bits per heavy atom. The van der Waals surface area contributed by atoms with E-state index in [1.807, 2.05) is 13.8 Å². The first kappa shape index (κ1) is 16.7. The highest BCUT2D eigenvalue weighted by atomic mass is 16.4. The third-order valence-corrected chi connectivity index (χ3v) is 2.79. The van der Waals surface area contributed by atoms with Gasteiger partial charge in [-0.25, -0.2) is 4.79 Å². The van der Waals surface area contributed by atoms with Crippen molar-refractivity contribution in [3.05, 3.63) is 0 Å². The van der Waals surface area contributed by atoms with E-state index in [2.05, 4.69) is 5.32 Å². The highest BCUT2D eigenvalue weighted by Gasteiger charge is 2.12. The molecule has 0 spiro atoms. The van der Waals surface area contributed by atoms with Gasteiger partial charge in [0.15, 0.2) is 0 Å². The van der Waals surface area contributed by atoms with E-state index in [-0.39, 0.29) is 11.9 Å². The second-order valence-corrected chi connectivity index (χ2v) is 4.60. The summed E-state index contributed by atoms with van der Waals surface area (Å²) in [6.45, 7) is 7.86. The molecule has 1 atom stereocenters. The molecule has 0 aliphatic carbocycles. The number of hydrogen-bond acceptors (Lipinski definition) is 2. The first-order chi connectivity index (χ1) is 8.52. The Balaban J connectivity index is 3.83. The average molecular weight is 258 g/mol. The predicted octanol–water partition coefficient (Wildman–Crippen LogP) is 2.32. The topological polar surface area (TPSA) is 69.6 Å². The van der Waals surface area contributed by atoms with Crippen molar-refractivity contribution < 1.29 is 14.7 Å². The number of amides is 2. The number of carboxylic acid groups (broad SMARTS) is 1. The van der Waals surface area contributed by atoms with E-state index in [4.69, 9.17) is 5.11 Å². The number of carboxylic acids is 1. The van der Waals surface area contributed by atoms with Crippen LogP contribution in [-0.4, -0.2) is 41.6 Å². The molecule has 18 heavy (non-hydrogen) atoms. The highest BCUT2D eigenvalue weighted by molar-refractivity contribution is 5.74. The first-order valence-corrected chi connectivity index (χ1v) is 6.78. The third-order valence-electron chi connectivity index (χ3n) is 2.79. The zero-order valence-electron chi connectivity index (χ0n) is 11.7. The summed E-state index contributed by atoms with van der Waals surface area (Å²) in [6.07, 6.45) is 3.19. The summed E-state index contributed by atoms with van der Waals surface area (Å²) < 4.78 is 0. The molecule has 0 aromatic carbocycles. The number of rotatable bonds is 9. The van der Waals surface area contributed by atoms with Crippen LogP contribution in [0.1, 0.15) is 46.5 Å². The summed E-state index contributed by atoms with van der Waals surface area (Å²) in [5.74, 6) is -1.12. The van der Waals surface area contributed by atoms with Crippen LogP contribution in [0.25, 0.3) is 0 Å². The zero-order valence-corrected chi connectivity index (χ0v) is 11.7. The van der Waals surface area contributed by atoms with Crippen LogP contribution in [-0.2, 0) is 4.79 Å². The van der Waals surface area contributed by atoms with Crippen molar-refractivity contribution in [2.24, 2.45) is 5.92 Å². The van der Waals surface area contributed by atoms with Crippen LogP contribution in [0.4, 0.5) is 4.79 Å². The van der Waals surface area contributed by atoms with Gasteiger partial charge < -0.3 is 15.3 Å². The molecule has 0 radical (unpaired) electrons. The number of carbonyl (C=O) groups is 2. The lowest BCUT2D eigenvalue weighted by molar-refractivity contribution is -0.141. The standard InChI is InChI=1S/C13H26N2O3/c1-4-9-15(10-5-2)13(18)14-8-6-7-11(3)12(16)17/h11H,4-10H2,1-3H3,(H,14,18)(H,16,17). The first-order valence-electron chi connectivity index (χ1n) is 6.78. The molecule has 0 aromatic rings. The fourth-order valence-electron chi connectivity index (χ4n) is 1.69. The molecule has 2 N–H and O–H groups in total. The number of urea groups is 1. The summed E-state index contributed by atoms with van der Waals surface area (Å²) in [6, 6.07) is -0.0401. The molecule has 0 bridgehead atoms. The monoisotopic (exact) mass is 258 g/mol. The molecular formula is C13H26N2O3. The van der Waals surface area contributed by atoms with E-state index >= 15 is 0 Å². The summed E-state index contributed by atoms with van der Waals surface area (Å²) >= 11 is 0. The fraction of sp³-hybridized carbons (Fsp3) is 0.846. The van der Waals surface area contributed by atoms with Crippen LogP contribution < -0.4 is 5.32 Å². The van der Waals surface area contributed by atoms with Crippen molar-refractivity contribution in [1.82, 2.24) is 10.2 Å². The molecule has 0 saturated heterocycles. The van der Waals surface area contributed by atoms with Crippen molar-refractivity contribution in [3.8, 4) is 0 Å². The van der Waals surface area contributed by atoms with E-state index in [1.165, 1.54) is 0 Å². The molecule has 106 valence electrons. The van der Waals surface area contributed by atoms with E-state index < -0.39 is 5.97 Å². The number of carbonyl (C=O) groups excluding carboxylic acids is 1. The van der Waals surface area contributed by atoms with Crippen LogP contribution >= 0.6 is 0 Å². The van der Waals surface area contributed by atoms with Crippen LogP contribution in [0, 0.1) is 5.92 Å². The molecular weight excluding hydrogens is 232 g/mol. The smallest absolute Gasteiger partial charge is 0.317 e. The molecule has 0 aliphatic heterocycles. The molecule has 5 nitrogen and oxygen atoms in total. The maximum absolute atomic E-state index is 11.8. The lowest BCUT2D eigenvalue weighted by Crippen LogP contribution is -2.41. The van der Waals surface area contributed by atoms with Gasteiger partial charge in [-0.2, -0.15) is 0 Å². The average Bonchev–Trinajstić information content (AvgIpc) is 2.33. The van der Waals surface area contributed by atoms with Crippen molar-refractivity contribution in [3.63, 3.8) is 0 Å². The molecule has 5 heteroatoms. The van der Waals surface area contributed by atoms with Gasteiger partial charge in [0.2, 0.25) is 0 Å². The molecule has 0 saturated carbocycles. The van der Waals surface area contributed by atoms with Gasteiger partial charge in [0, 0.05) is 19.6 Å². The third kappa shape index (κ3) is 7.14. The summed E-state index contributed by atoms with van der Waals surface area (Å²) in [7, 11) is 0. The number of nitrogens with one attached hydrogen (secondary N) is 1. The molecule has 1 unspecified atom stereocenters. The minimum absolute atomic E-state index is 0.0401. The van der Waals surface area contributed by atoms with Crippen LogP contribution in [0.5, 0.6) is 0 Å². The highest BCUT2D eigenvalue weighted by Crippen LogP contribution is 2.04. The Morgan fingerprint density at radius 2 is 1.78 bits per heavy atom. The Kier molecular flexibility index (Phi) is 9.06. The van der Waals surface area contributed by atoms with Crippen molar-refractivity contribution in [2.75, 3.05) is 19.6 Å². The number of hydrogen-bond donors (Lipinski definition) is 2. The molecule has 0 rings (SSSR count). The summed E-state index contributed by atoms with van der Waals surface area (Å²) in [5, 5.41) is 11.6. The minimum Gasteiger partial charge on any atom is -0.481 e. The van der Waals surface area contributed by atoms with E-state index in [9.17, 15) is 9.59 Å². The van der Waals surface area contributed by atoms with Gasteiger partial charge in [0.05, 0.1) is 5.92 Å². The Bertz CT molecular complexity index is 251. The molecule has 0 aromatic heterocycles. The fourth-order valence-corrected chi connectivity index (χ4v) is 1.69. The van der Waals surface area contributed by atoms with E-state index in [0.717, 1.165) is 25.9 Å². The Hall–Kier alpha value is -1.26. The summed E-state index contributed by atoms with van der Waals surface area (Å²) in [5.41, 5.74) is 0. The van der Waals surface area contributed by atoms with E-state index in [0.29, 0.717) is 19.4 Å². The Morgan fingerprint density at radius 3 is 2.22 bits per heavy atom. The van der Waals surface area contributed by atoms with Gasteiger partial charge in [-0.05, 0) is 25.7 Å². The second-order valence-electron chi connectivity index (χ2n) is 4.60. The largest absolute Gasteiger partial charge is 0.481 e. The normalized spacial score (nSPS) is 11.9. The van der Waals surface area contributed by atoms with Crippen molar-refractivity contribution in [2.45, 2.75) is 46.5 Å². The zero-order chi connectivity index (χ0) is 14.0. The summed E-state index contributed by atoms with van der Waals surface area (Å²) in [4.78, 5) is 24.2. The molecule has 0 aliphatic rings. The van der Waals surface area contributed by atoms with Gasteiger partial charge in [-0.15, -0.1) is 0 Å². The van der Waals surface area contributed by atoms with Gasteiger partial charge >= 0.3 is 12.0 Å². The van der Waals surface area contributed by atoms with Gasteiger partial charge in [0.25, 0.3) is 0 Å². The number of aliphatic carboxylic acids is 1. The van der Waals surface area contributed by atoms with E-state index in [1.54, 1.807) is 11.8 Å². The molecule has 2 amide bonds. The second kappa shape index (κ2) is 9.74. The van der Waals surface area contributed by atoms with Crippen molar-refractivity contribution >= 4 is 12.0 Å². The quantitative estimate of drug-likeness (QED) is 0.623. The lowest BCUT2D eigenvalue weighted by Gasteiger charge is -2.21. The van der Waals surface area contributed by atoms with Gasteiger partial charge in [-0.1, -0.05) is 20.8 Å².